The number of aryl methyl sites for hydroxylation is 2. The van der Waals surface area contributed by atoms with Crippen molar-refractivity contribution < 1.29 is 15.0 Å². The number of carboxylic acid groups (broad SMARTS) is 1. The molecule has 0 heterocycles. The van der Waals surface area contributed by atoms with Gasteiger partial charge in [0.05, 0.1) is 12.5 Å². The van der Waals surface area contributed by atoms with E-state index in [0.29, 0.717) is 5.56 Å². The minimum absolute atomic E-state index is 0.246. The second-order valence-electron chi connectivity index (χ2n) is 3.47. The topological polar surface area (TPSA) is 57.5 Å². The lowest BCUT2D eigenvalue weighted by Crippen LogP contribution is -2.06. The van der Waals surface area contributed by atoms with Crippen LogP contribution in [0.25, 0.3) is 0 Å². The first-order chi connectivity index (χ1) is 6.50. The Bertz CT molecular complexity index is 344. The summed E-state index contributed by atoms with van der Waals surface area (Å²) in [5.41, 5.74) is 2.73. The second kappa shape index (κ2) is 4.24. The van der Waals surface area contributed by atoms with Gasteiger partial charge >= 0.3 is 5.97 Å². The predicted molar refractivity (Wildman–Crippen MR) is 53.1 cm³/mol. The van der Waals surface area contributed by atoms with Gasteiger partial charge in [0.1, 0.15) is 0 Å². The Hall–Kier alpha value is -1.35. The van der Waals surface area contributed by atoms with Crippen LogP contribution in [-0.2, 0) is 4.79 Å². The Kier molecular flexibility index (Phi) is 3.25. The summed E-state index contributed by atoms with van der Waals surface area (Å²) in [6.45, 7) is 3.83. The molecule has 1 aromatic rings. The molecule has 0 fully saturated rings. The first-order valence-electron chi connectivity index (χ1n) is 4.47. The number of benzene rings is 1. The number of carboxylic acids is 1. The molecule has 3 nitrogen and oxygen atoms in total. The lowest BCUT2D eigenvalue weighted by atomic mass is 9.99. The van der Waals surface area contributed by atoms with Crippen molar-refractivity contribution in [2.45, 2.75) is 26.4 Å². The molecule has 0 radical (unpaired) electrons. The van der Waals surface area contributed by atoms with E-state index in [0.717, 1.165) is 11.1 Å². The van der Waals surface area contributed by atoms with Crippen LogP contribution >= 0.6 is 0 Å². The molecule has 2 N–H and O–H groups in total. The lowest BCUT2D eigenvalue weighted by molar-refractivity contribution is -0.139. The smallest absolute Gasteiger partial charge is 0.306 e. The van der Waals surface area contributed by atoms with Crippen LogP contribution in [0.4, 0.5) is 0 Å². The highest BCUT2D eigenvalue weighted by molar-refractivity contribution is 5.67. The fourth-order valence-corrected chi connectivity index (χ4v) is 1.47. The Balaban J connectivity index is 2.90. The van der Waals surface area contributed by atoms with Crippen LogP contribution in [0, 0.1) is 13.8 Å². The molecule has 0 unspecified atom stereocenters. The third kappa shape index (κ3) is 2.57. The molecule has 1 aromatic carbocycles. The molecule has 76 valence electrons. The molecule has 0 aliphatic rings. The molecule has 0 saturated carbocycles. The number of aliphatic carboxylic acids is 1. The molecule has 0 saturated heterocycles. The first kappa shape index (κ1) is 10.7. The van der Waals surface area contributed by atoms with Gasteiger partial charge < -0.3 is 10.2 Å². The summed E-state index contributed by atoms with van der Waals surface area (Å²) in [4.78, 5) is 10.4. The Morgan fingerprint density at radius 3 is 2.57 bits per heavy atom. The molecule has 0 spiro atoms. The molecule has 0 bridgehead atoms. The van der Waals surface area contributed by atoms with Crippen LogP contribution < -0.4 is 0 Å². The maximum atomic E-state index is 10.4. The normalized spacial score (nSPS) is 12.5. The molecule has 1 rings (SSSR count). The zero-order chi connectivity index (χ0) is 10.7. The Morgan fingerprint density at radius 1 is 1.43 bits per heavy atom. The lowest BCUT2D eigenvalue weighted by Gasteiger charge is -2.11. The summed E-state index contributed by atoms with van der Waals surface area (Å²) in [5.74, 6) is -0.988. The molecule has 3 heteroatoms. The fraction of sp³-hybridized carbons (Fsp3) is 0.364. The van der Waals surface area contributed by atoms with E-state index in [1.807, 2.05) is 26.0 Å². The molecule has 0 amide bonds. The molecule has 0 aliphatic heterocycles. The number of aliphatic hydroxyl groups is 1. The molecule has 0 aliphatic carbocycles. The summed E-state index contributed by atoms with van der Waals surface area (Å²) in [5, 5.41) is 18.1. The van der Waals surface area contributed by atoms with Crippen LogP contribution in [0.3, 0.4) is 0 Å². The van der Waals surface area contributed by atoms with E-state index < -0.39 is 12.1 Å². The standard InChI is InChI=1S/C11H14O3/c1-7-3-4-9(8(2)5-7)10(12)6-11(13)14/h3-5,10,12H,6H2,1-2H3,(H,13,14)/t10-/m1/s1. The number of rotatable bonds is 3. The SMILES string of the molecule is Cc1ccc([C@H](O)CC(=O)O)c(C)c1. The van der Waals surface area contributed by atoms with Gasteiger partial charge in [-0.05, 0) is 25.0 Å². The largest absolute Gasteiger partial charge is 0.481 e. The van der Waals surface area contributed by atoms with Gasteiger partial charge in [0, 0.05) is 0 Å². The van der Waals surface area contributed by atoms with Crippen LogP contribution in [0.5, 0.6) is 0 Å². The number of carbonyl (C=O) groups is 1. The maximum Gasteiger partial charge on any atom is 0.306 e. The van der Waals surface area contributed by atoms with Gasteiger partial charge in [-0.1, -0.05) is 23.8 Å². The van der Waals surface area contributed by atoms with Gasteiger partial charge in [0.15, 0.2) is 0 Å². The monoisotopic (exact) mass is 194 g/mol. The third-order valence-corrected chi connectivity index (χ3v) is 2.15. The number of hydrogen-bond donors (Lipinski definition) is 2. The number of hydrogen-bond acceptors (Lipinski definition) is 2. The second-order valence-corrected chi connectivity index (χ2v) is 3.47. The zero-order valence-electron chi connectivity index (χ0n) is 8.32. The van der Waals surface area contributed by atoms with Gasteiger partial charge in [-0.2, -0.15) is 0 Å². The van der Waals surface area contributed by atoms with Crippen molar-refractivity contribution in [1.82, 2.24) is 0 Å². The van der Waals surface area contributed by atoms with Crippen LogP contribution in [0.15, 0.2) is 18.2 Å². The van der Waals surface area contributed by atoms with E-state index in [-0.39, 0.29) is 6.42 Å². The first-order valence-corrected chi connectivity index (χ1v) is 4.47. The van der Waals surface area contributed by atoms with Crippen molar-refractivity contribution in [2.24, 2.45) is 0 Å². The highest BCUT2D eigenvalue weighted by atomic mass is 16.4. The van der Waals surface area contributed by atoms with Gasteiger partial charge in [0.2, 0.25) is 0 Å². The molecule has 1 atom stereocenters. The van der Waals surface area contributed by atoms with Crippen molar-refractivity contribution in [3.8, 4) is 0 Å². The van der Waals surface area contributed by atoms with Crippen molar-refractivity contribution in [3.63, 3.8) is 0 Å². The van der Waals surface area contributed by atoms with E-state index in [9.17, 15) is 9.90 Å². The molecule has 0 aromatic heterocycles. The number of aliphatic hydroxyl groups excluding tert-OH is 1. The highest BCUT2D eigenvalue weighted by Crippen LogP contribution is 2.21. The zero-order valence-corrected chi connectivity index (χ0v) is 8.32. The maximum absolute atomic E-state index is 10.4. The van der Waals surface area contributed by atoms with Gasteiger partial charge in [-0.3, -0.25) is 4.79 Å². The molecule has 14 heavy (non-hydrogen) atoms. The third-order valence-electron chi connectivity index (χ3n) is 2.15. The fourth-order valence-electron chi connectivity index (χ4n) is 1.47. The molecular formula is C11H14O3. The van der Waals surface area contributed by atoms with Crippen LogP contribution in [-0.4, -0.2) is 16.2 Å². The summed E-state index contributed by atoms with van der Waals surface area (Å²) in [6.07, 6.45) is -1.16. The Labute approximate surface area is 83.0 Å². The van der Waals surface area contributed by atoms with Crippen LogP contribution in [0.2, 0.25) is 0 Å². The van der Waals surface area contributed by atoms with Gasteiger partial charge in [0.25, 0.3) is 0 Å². The minimum atomic E-state index is -0.988. The summed E-state index contributed by atoms with van der Waals surface area (Å²) in [7, 11) is 0. The Morgan fingerprint density at radius 2 is 2.07 bits per heavy atom. The summed E-state index contributed by atoms with van der Waals surface area (Å²) >= 11 is 0. The van der Waals surface area contributed by atoms with Crippen molar-refractivity contribution in [2.75, 3.05) is 0 Å². The summed E-state index contributed by atoms with van der Waals surface area (Å²) < 4.78 is 0. The van der Waals surface area contributed by atoms with Gasteiger partial charge in [-0.25, -0.2) is 0 Å². The van der Waals surface area contributed by atoms with E-state index >= 15 is 0 Å². The minimum Gasteiger partial charge on any atom is -0.481 e. The van der Waals surface area contributed by atoms with Crippen molar-refractivity contribution in [1.29, 1.82) is 0 Å². The van der Waals surface area contributed by atoms with Crippen molar-refractivity contribution in [3.05, 3.63) is 34.9 Å². The molecular weight excluding hydrogens is 180 g/mol. The van der Waals surface area contributed by atoms with Gasteiger partial charge in [-0.15, -0.1) is 0 Å². The quantitative estimate of drug-likeness (QED) is 0.771. The average Bonchev–Trinajstić information content (AvgIpc) is 2.01. The predicted octanol–water partition coefficient (Wildman–Crippen LogP) is 1.81. The van der Waals surface area contributed by atoms with E-state index in [1.54, 1.807) is 6.07 Å². The van der Waals surface area contributed by atoms with E-state index in [2.05, 4.69) is 0 Å². The van der Waals surface area contributed by atoms with E-state index in [1.165, 1.54) is 0 Å². The van der Waals surface area contributed by atoms with Crippen LogP contribution in [0.1, 0.15) is 29.2 Å². The van der Waals surface area contributed by atoms with Crippen molar-refractivity contribution >= 4 is 5.97 Å². The summed E-state index contributed by atoms with van der Waals surface area (Å²) in [6, 6.07) is 5.58. The van der Waals surface area contributed by atoms with E-state index in [4.69, 9.17) is 5.11 Å². The highest BCUT2D eigenvalue weighted by Gasteiger charge is 2.13. The average molecular weight is 194 g/mol.